The van der Waals surface area contributed by atoms with E-state index in [1.165, 1.54) is 0 Å². The largest absolute Gasteiger partial charge is 0.490 e. The van der Waals surface area contributed by atoms with Crippen molar-refractivity contribution in [3.63, 3.8) is 0 Å². The first kappa shape index (κ1) is 51.6. The second-order valence-electron chi connectivity index (χ2n) is 15.5. The van der Waals surface area contributed by atoms with Gasteiger partial charge in [0.2, 0.25) is 36.3 Å². The van der Waals surface area contributed by atoms with Crippen molar-refractivity contribution in [3.05, 3.63) is 33.0 Å². The quantitative estimate of drug-likeness (QED) is 0.0663. The van der Waals surface area contributed by atoms with Crippen molar-refractivity contribution < 1.29 is 114 Å². The van der Waals surface area contributed by atoms with Gasteiger partial charge >= 0.3 is 59.0 Å². The summed E-state index contributed by atoms with van der Waals surface area (Å²) in [4.78, 5) is 126. The first-order chi connectivity index (χ1) is 33.0. The van der Waals surface area contributed by atoms with Crippen molar-refractivity contribution in [1.82, 2.24) is 0 Å². The molecule has 26 heteroatoms. The summed E-state index contributed by atoms with van der Waals surface area (Å²) in [5, 5.41) is -0.812. The number of ether oxygens (including phenoxy) is 14. The van der Waals surface area contributed by atoms with Gasteiger partial charge in [-0.25, -0.2) is 9.59 Å². The van der Waals surface area contributed by atoms with Gasteiger partial charge in [-0.3, -0.25) is 38.4 Å². The number of rotatable bonds is 16. The van der Waals surface area contributed by atoms with Gasteiger partial charge in [0.25, 0.3) is 0 Å². The van der Waals surface area contributed by atoms with Gasteiger partial charge in [-0.2, -0.15) is 0 Å². The third-order valence-corrected chi connectivity index (χ3v) is 10.3. The smallest absolute Gasteiger partial charge is 0.344 e. The molecule has 2 aromatic carbocycles. The molecule has 2 aliphatic heterocycles. The average molecular weight is 991 g/mol. The van der Waals surface area contributed by atoms with Gasteiger partial charge in [-0.15, -0.1) is 0 Å². The summed E-state index contributed by atoms with van der Waals surface area (Å²) in [5.41, 5.74) is -3.06. The number of carbonyl (C=O) groups is 8. The maximum Gasteiger partial charge on any atom is 0.344 e. The summed E-state index contributed by atoms with van der Waals surface area (Å²) in [5.74, 6) is -8.60. The molecule has 0 saturated carbocycles. The molecule has 0 unspecified atom stereocenters. The Morgan fingerprint density at radius 3 is 1.03 bits per heavy atom. The molecule has 0 aliphatic carbocycles. The van der Waals surface area contributed by atoms with Crippen molar-refractivity contribution >= 4 is 80.5 Å². The van der Waals surface area contributed by atoms with Gasteiger partial charge in [0.05, 0.1) is 25.0 Å². The molecular formula is C44H46O26. The van der Waals surface area contributed by atoms with Crippen LogP contribution in [-0.4, -0.2) is 137 Å². The average Bonchev–Trinajstić information content (AvgIpc) is 3.25. The van der Waals surface area contributed by atoms with E-state index >= 15 is 0 Å². The lowest BCUT2D eigenvalue weighted by Gasteiger charge is -2.44. The van der Waals surface area contributed by atoms with E-state index in [-0.39, 0.29) is 33.0 Å². The summed E-state index contributed by atoms with van der Waals surface area (Å²) in [6.07, 6.45) is -16.4. The molecule has 378 valence electrons. The van der Waals surface area contributed by atoms with E-state index in [4.69, 9.17) is 75.2 Å². The van der Waals surface area contributed by atoms with Crippen LogP contribution in [0.4, 0.5) is 0 Å². The molecule has 26 nitrogen and oxygen atoms in total. The molecule has 10 atom stereocenters. The van der Waals surface area contributed by atoms with Crippen molar-refractivity contribution in [2.75, 3.05) is 27.4 Å². The second-order valence-corrected chi connectivity index (χ2v) is 15.5. The third-order valence-electron chi connectivity index (χ3n) is 10.3. The highest BCUT2D eigenvalue weighted by molar-refractivity contribution is 6.22. The molecular weight excluding hydrogens is 944 g/mol. The highest BCUT2D eigenvalue weighted by atomic mass is 16.8. The van der Waals surface area contributed by atoms with Gasteiger partial charge in [0.1, 0.15) is 25.4 Å². The lowest BCUT2D eigenvalue weighted by molar-refractivity contribution is -0.288. The van der Waals surface area contributed by atoms with Gasteiger partial charge in [0.15, 0.2) is 47.1 Å². The first-order valence-corrected chi connectivity index (χ1v) is 20.9. The van der Waals surface area contributed by atoms with Crippen LogP contribution in [0, 0.1) is 0 Å². The topological polar surface area (TPSA) is 326 Å². The zero-order chi connectivity index (χ0) is 51.5. The van der Waals surface area contributed by atoms with E-state index in [2.05, 4.69) is 0 Å². The Labute approximate surface area is 393 Å². The molecule has 0 spiro atoms. The van der Waals surface area contributed by atoms with E-state index in [1.54, 1.807) is 0 Å². The molecule has 4 aromatic rings. The summed E-state index contributed by atoms with van der Waals surface area (Å²) in [6.45, 7) is 7.10. The predicted molar refractivity (Wildman–Crippen MR) is 225 cm³/mol. The van der Waals surface area contributed by atoms with Crippen LogP contribution < -0.4 is 30.2 Å². The Morgan fingerprint density at radius 2 is 0.743 bits per heavy atom. The fourth-order valence-corrected chi connectivity index (χ4v) is 7.92. The molecule has 0 amide bonds. The first-order valence-electron chi connectivity index (χ1n) is 20.9. The van der Waals surface area contributed by atoms with Crippen LogP contribution in [0.15, 0.2) is 30.6 Å². The van der Waals surface area contributed by atoms with E-state index in [1.807, 2.05) is 0 Å². The van der Waals surface area contributed by atoms with E-state index in [0.29, 0.717) is 0 Å². The number of esters is 8. The fraction of sp³-hybridized carbons (Fsp3) is 0.500. The van der Waals surface area contributed by atoms with Gasteiger partial charge in [-0.05, 0) is 12.1 Å². The zero-order valence-electron chi connectivity index (χ0n) is 39.0. The highest BCUT2D eigenvalue weighted by Crippen LogP contribution is 2.47. The summed E-state index contributed by atoms with van der Waals surface area (Å²) in [7, 11) is 2.30. The summed E-state index contributed by atoms with van der Waals surface area (Å²) >= 11 is 0. The Morgan fingerprint density at radius 1 is 0.443 bits per heavy atom. The summed E-state index contributed by atoms with van der Waals surface area (Å²) in [6, 6.07) is 2.21. The normalized spacial score (nSPS) is 24.1. The summed E-state index contributed by atoms with van der Waals surface area (Å²) < 4.78 is 90.5. The Bertz CT molecular complexity index is 2630. The van der Waals surface area contributed by atoms with E-state index in [9.17, 15) is 47.9 Å². The van der Waals surface area contributed by atoms with Crippen LogP contribution in [0.5, 0.6) is 23.0 Å². The van der Waals surface area contributed by atoms with Crippen molar-refractivity contribution in [3.8, 4) is 23.0 Å². The molecule has 2 fully saturated rings. The Balaban J connectivity index is 1.51. The van der Waals surface area contributed by atoms with Crippen LogP contribution in [0.2, 0.25) is 0 Å². The molecule has 0 radical (unpaired) electrons. The molecule has 4 heterocycles. The monoisotopic (exact) mass is 990 g/mol. The van der Waals surface area contributed by atoms with Crippen LogP contribution in [0.25, 0.3) is 32.7 Å². The lowest BCUT2D eigenvalue weighted by atomic mass is 9.97. The molecule has 2 aliphatic rings. The minimum atomic E-state index is -1.84. The maximum atomic E-state index is 14.1. The number of hydrogen-bond donors (Lipinski definition) is 0. The second kappa shape index (κ2) is 21.3. The number of methoxy groups -OCH3 is 2. The molecule has 2 aromatic heterocycles. The molecule has 0 bridgehead atoms. The van der Waals surface area contributed by atoms with Crippen LogP contribution in [0.1, 0.15) is 55.4 Å². The Hall–Kier alpha value is -7.74. The standard InChI is InChI=1S/C44H46O26/c1-15(45)57-13-27-33(59-17(3)47)37(61-19(5)49)39(63-21(7)51)43(67-27)65-25-11-23-29-30-24(42(54)69-35(29)31(25)55-9)12-26(32(56-10)36(30)70-41(23)53)66-44-40(64-22(8)52)38(62-20(6)50)34(60-18(4)48)28(68-44)14-58-16(2)46/h11-12,27-28,33-34,37-40,43-44H,13-14H2,1-10H3/t27-,28-,33-,34-,37+,38+,39-,40-,43-,44-/m1/s1. The SMILES string of the molecule is COc1c(O[C@@H]2O[C@H](COC(C)=O)[C@@H](OC(C)=O)[C@H](OC(C)=O)[C@H]2OC(C)=O)cc2c(=O)oc3c(OC)c(O[C@@H]4O[C@H](COC(C)=O)[C@@H](OC(C)=O)[C@H](OC(C)=O)[C@H]4OC(C)=O)cc4c(=O)oc1c2c34. The van der Waals surface area contributed by atoms with Gasteiger partial charge in [-0.1, -0.05) is 0 Å². The molecule has 6 rings (SSSR count). The molecule has 70 heavy (non-hydrogen) atoms. The minimum absolute atomic E-state index is 0.0938. The lowest BCUT2D eigenvalue weighted by Crippen LogP contribution is -2.63. The van der Waals surface area contributed by atoms with Crippen LogP contribution >= 0.6 is 0 Å². The zero-order valence-corrected chi connectivity index (χ0v) is 39.0. The number of hydrogen-bond acceptors (Lipinski definition) is 26. The van der Waals surface area contributed by atoms with Crippen LogP contribution in [-0.2, 0) is 85.7 Å². The van der Waals surface area contributed by atoms with E-state index < -0.39 is 156 Å². The van der Waals surface area contributed by atoms with Gasteiger partial charge in [0, 0.05) is 66.2 Å². The maximum absolute atomic E-state index is 14.1. The van der Waals surface area contributed by atoms with Crippen molar-refractivity contribution in [2.45, 2.75) is 117 Å². The Kier molecular flexibility index (Phi) is 15.7. The number of carbonyl (C=O) groups excluding carboxylic acids is 8. The van der Waals surface area contributed by atoms with E-state index in [0.717, 1.165) is 81.7 Å². The number of benzene rings is 2. The molecule has 0 N–H and O–H groups in total. The predicted octanol–water partition coefficient (Wildman–Crippen LogP) is 1.43. The van der Waals surface area contributed by atoms with Crippen LogP contribution in [0.3, 0.4) is 0 Å². The van der Waals surface area contributed by atoms with Crippen molar-refractivity contribution in [1.29, 1.82) is 0 Å². The fourth-order valence-electron chi connectivity index (χ4n) is 7.92. The van der Waals surface area contributed by atoms with Crippen molar-refractivity contribution in [2.24, 2.45) is 0 Å². The minimum Gasteiger partial charge on any atom is -0.490 e. The highest BCUT2D eigenvalue weighted by Gasteiger charge is 2.55. The molecule has 2 saturated heterocycles. The van der Waals surface area contributed by atoms with Gasteiger partial charge < -0.3 is 75.2 Å². The third kappa shape index (κ3) is 11.1.